The molecule has 1 saturated heterocycles. The van der Waals surface area contributed by atoms with E-state index in [0.717, 1.165) is 18.7 Å². The molecule has 2 rings (SSSR count). The van der Waals surface area contributed by atoms with Crippen molar-refractivity contribution in [1.29, 1.82) is 0 Å². The Balaban J connectivity index is 0.00000242. The molecule has 22 heavy (non-hydrogen) atoms. The van der Waals surface area contributed by atoms with Gasteiger partial charge in [-0.1, -0.05) is 6.07 Å². The summed E-state index contributed by atoms with van der Waals surface area (Å²) in [5.74, 6) is 0.186. The first kappa shape index (κ1) is 18.9. The molecule has 0 bridgehead atoms. The number of rotatable bonds is 8. The van der Waals surface area contributed by atoms with Crippen molar-refractivity contribution in [3.8, 4) is 0 Å². The van der Waals surface area contributed by atoms with E-state index in [4.69, 9.17) is 4.74 Å². The van der Waals surface area contributed by atoms with Gasteiger partial charge in [0, 0.05) is 32.3 Å². The molecule has 0 aliphatic carbocycles. The molecule has 1 aromatic rings. The zero-order chi connectivity index (χ0) is 14.9. The molecule has 6 heteroatoms. The Morgan fingerprint density at radius 3 is 3.00 bits per heavy atom. The molecule has 0 saturated carbocycles. The van der Waals surface area contributed by atoms with Gasteiger partial charge in [0.1, 0.15) is 0 Å². The summed E-state index contributed by atoms with van der Waals surface area (Å²) in [6, 6.07) is 6.29. The number of methoxy groups -OCH3 is 1. The third-order valence-electron chi connectivity index (χ3n) is 3.87. The fraction of sp³-hybridized carbons (Fsp3) is 0.625. The predicted molar refractivity (Wildman–Crippen MR) is 89.0 cm³/mol. The zero-order valence-corrected chi connectivity index (χ0v) is 14.0. The predicted octanol–water partition coefficient (Wildman–Crippen LogP) is 2.01. The monoisotopic (exact) mass is 327 g/mol. The van der Waals surface area contributed by atoms with Gasteiger partial charge in [0.05, 0.1) is 18.8 Å². The molecule has 1 aromatic heterocycles. The molecule has 124 valence electrons. The molecular weight excluding hydrogens is 302 g/mol. The summed E-state index contributed by atoms with van der Waals surface area (Å²) in [4.78, 5) is 18.6. The van der Waals surface area contributed by atoms with Crippen molar-refractivity contribution in [3.05, 3.63) is 30.1 Å². The van der Waals surface area contributed by atoms with Crippen LogP contribution in [0.25, 0.3) is 0 Å². The van der Waals surface area contributed by atoms with Crippen LogP contribution in [0.5, 0.6) is 0 Å². The number of aromatic nitrogens is 1. The van der Waals surface area contributed by atoms with E-state index in [1.54, 1.807) is 13.3 Å². The second-order valence-electron chi connectivity index (χ2n) is 5.46. The smallest absolute Gasteiger partial charge is 0.223 e. The third-order valence-corrected chi connectivity index (χ3v) is 3.87. The quantitative estimate of drug-likeness (QED) is 0.793. The van der Waals surface area contributed by atoms with Crippen LogP contribution in [0.1, 0.15) is 31.4 Å². The van der Waals surface area contributed by atoms with Crippen LogP contribution < -0.4 is 5.32 Å². The number of ether oxygens (including phenoxy) is 1. The van der Waals surface area contributed by atoms with Crippen molar-refractivity contribution in [2.24, 2.45) is 0 Å². The summed E-state index contributed by atoms with van der Waals surface area (Å²) in [7, 11) is 1.66. The summed E-state index contributed by atoms with van der Waals surface area (Å²) in [5.41, 5.74) is 0.918. The first-order valence-electron chi connectivity index (χ1n) is 7.69. The number of pyridine rings is 1. The molecule has 1 amide bonds. The summed E-state index contributed by atoms with van der Waals surface area (Å²) >= 11 is 0. The Labute approximate surface area is 138 Å². The Hall–Kier alpha value is -1.17. The highest BCUT2D eigenvalue weighted by molar-refractivity contribution is 5.85. The van der Waals surface area contributed by atoms with E-state index in [2.05, 4.69) is 10.3 Å². The van der Waals surface area contributed by atoms with Gasteiger partial charge in [0.15, 0.2) is 0 Å². The van der Waals surface area contributed by atoms with Crippen LogP contribution in [-0.2, 0) is 16.1 Å². The van der Waals surface area contributed by atoms with Crippen LogP contribution in [0, 0.1) is 0 Å². The van der Waals surface area contributed by atoms with Gasteiger partial charge in [-0.2, -0.15) is 0 Å². The summed E-state index contributed by atoms with van der Waals surface area (Å²) in [6.07, 6.45) is 5.68. The lowest BCUT2D eigenvalue weighted by atomic mass is 10.1. The molecule has 0 radical (unpaired) electrons. The highest BCUT2D eigenvalue weighted by atomic mass is 35.5. The molecule has 5 nitrogen and oxygen atoms in total. The van der Waals surface area contributed by atoms with Crippen LogP contribution in [0.15, 0.2) is 24.4 Å². The number of hydrogen-bond acceptors (Lipinski definition) is 4. The first-order chi connectivity index (χ1) is 10.3. The minimum absolute atomic E-state index is 0. The van der Waals surface area contributed by atoms with E-state index in [1.165, 1.54) is 12.8 Å². The van der Waals surface area contributed by atoms with Crippen LogP contribution in [-0.4, -0.2) is 48.6 Å². The van der Waals surface area contributed by atoms with Crippen molar-refractivity contribution in [3.63, 3.8) is 0 Å². The van der Waals surface area contributed by atoms with Crippen LogP contribution in [0.4, 0.5) is 0 Å². The minimum Gasteiger partial charge on any atom is -0.383 e. The van der Waals surface area contributed by atoms with Gasteiger partial charge in [-0.05, 0) is 37.9 Å². The molecule has 1 unspecified atom stereocenters. The summed E-state index contributed by atoms with van der Waals surface area (Å²) in [5, 5.41) is 3.44. The Morgan fingerprint density at radius 1 is 1.50 bits per heavy atom. The number of halogens is 1. The average molecular weight is 328 g/mol. The maximum absolute atomic E-state index is 12.4. The number of nitrogens with one attached hydrogen (secondary N) is 1. The molecular formula is C16H26ClN3O2. The van der Waals surface area contributed by atoms with E-state index < -0.39 is 0 Å². The number of carbonyl (C=O) groups is 1. The minimum atomic E-state index is 0. The van der Waals surface area contributed by atoms with Crippen molar-refractivity contribution in [1.82, 2.24) is 15.2 Å². The average Bonchev–Trinajstić information content (AvgIpc) is 3.03. The zero-order valence-electron chi connectivity index (χ0n) is 13.2. The lowest BCUT2D eigenvalue weighted by Gasteiger charge is -2.23. The molecule has 1 atom stereocenters. The van der Waals surface area contributed by atoms with E-state index in [1.807, 2.05) is 23.1 Å². The van der Waals surface area contributed by atoms with Crippen molar-refractivity contribution >= 4 is 18.3 Å². The van der Waals surface area contributed by atoms with E-state index in [-0.39, 0.29) is 18.3 Å². The Bertz CT molecular complexity index is 425. The molecule has 1 aliphatic heterocycles. The standard InChI is InChI=1S/C16H25N3O2.ClH/c1-21-12-11-19(13-15-5-2-3-9-18-15)16(20)8-7-14-6-4-10-17-14;/h2-3,5,9,14,17H,4,6-8,10-13H2,1H3;1H. The number of amides is 1. The largest absolute Gasteiger partial charge is 0.383 e. The fourth-order valence-corrected chi connectivity index (χ4v) is 2.64. The van der Waals surface area contributed by atoms with Crippen LogP contribution in [0.3, 0.4) is 0 Å². The van der Waals surface area contributed by atoms with Gasteiger partial charge < -0.3 is 15.0 Å². The number of nitrogens with zero attached hydrogens (tertiary/aromatic N) is 2. The first-order valence-corrected chi connectivity index (χ1v) is 7.69. The van der Waals surface area contributed by atoms with Gasteiger partial charge in [0.2, 0.25) is 5.91 Å². The van der Waals surface area contributed by atoms with Gasteiger partial charge in [-0.25, -0.2) is 0 Å². The second-order valence-corrected chi connectivity index (χ2v) is 5.46. The van der Waals surface area contributed by atoms with E-state index in [0.29, 0.717) is 32.2 Å². The number of hydrogen-bond donors (Lipinski definition) is 1. The third kappa shape index (κ3) is 6.30. The molecule has 1 fully saturated rings. The van der Waals surface area contributed by atoms with Gasteiger partial charge in [-0.15, -0.1) is 12.4 Å². The maximum atomic E-state index is 12.4. The van der Waals surface area contributed by atoms with E-state index in [9.17, 15) is 4.79 Å². The molecule has 1 aliphatic rings. The molecule has 2 heterocycles. The highest BCUT2D eigenvalue weighted by Gasteiger charge is 2.19. The lowest BCUT2D eigenvalue weighted by Crippen LogP contribution is -2.34. The van der Waals surface area contributed by atoms with Gasteiger partial charge in [0.25, 0.3) is 0 Å². The van der Waals surface area contributed by atoms with Crippen molar-refractivity contribution in [2.75, 3.05) is 26.8 Å². The van der Waals surface area contributed by atoms with Gasteiger partial charge in [-0.3, -0.25) is 9.78 Å². The van der Waals surface area contributed by atoms with E-state index >= 15 is 0 Å². The molecule has 0 aromatic carbocycles. The van der Waals surface area contributed by atoms with Crippen LogP contribution >= 0.6 is 12.4 Å². The van der Waals surface area contributed by atoms with Crippen molar-refractivity contribution < 1.29 is 9.53 Å². The summed E-state index contributed by atoms with van der Waals surface area (Å²) in [6.45, 7) is 2.81. The SMILES string of the molecule is COCCN(Cc1ccccn1)C(=O)CCC1CCCN1.Cl. The Kier molecular flexibility index (Phi) is 9.04. The normalized spacial score (nSPS) is 17.0. The van der Waals surface area contributed by atoms with Crippen molar-refractivity contribution in [2.45, 2.75) is 38.3 Å². The van der Waals surface area contributed by atoms with Gasteiger partial charge >= 0.3 is 0 Å². The Morgan fingerprint density at radius 2 is 2.36 bits per heavy atom. The number of carbonyl (C=O) groups excluding carboxylic acids is 1. The molecule has 1 N–H and O–H groups in total. The van der Waals surface area contributed by atoms with Crippen LogP contribution in [0.2, 0.25) is 0 Å². The maximum Gasteiger partial charge on any atom is 0.223 e. The highest BCUT2D eigenvalue weighted by Crippen LogP contribution is 2.12. The fourth-order valence-electron chi connectivity index (χ4n) is 2.64. The topological polar surface area (TPSA) is 54.5 Å². The second kappa shape index (κ2) is 10.5. The lowest BCUT2D eigenvalue weighted by molar-refractivity contribution is -0.132. The molecule has 0 spiro atoms. The summed E-state index contributed by atoms with van der Waals surface area (Å²) < 4.78 is 5.11.